The minimum absolute atomic E-state index is 0.509. The smallest absolute Gasteiger partial charge is 0.0872 e. The summed E-state index contributed by atoms with van der Waals surface area (Å²) in [6.45, 7) is 0. The molecule has 0 saturated heterocycles. The molecule has 0 amide bonds. The third kappa shape index (κ3) is 0.559. The van der Waals surface area contributed by atoms with Gasteiger partial charge in [0.2, 0.25) is 0 Å². The van der Waals surface area contributed by atoms with Crippen LogP contribution in [0.5, 0.6) is 0 Å². The Morgan fingerprint density at radius 3 is 2.67 bits per heavy atom. The van der Waals surface area contributed by atoms with Crippen molar-refractivity contribution in [3.63, 3.8) is 0 Å². The van der Waals surface area contributed by atoms with Gasteiger partial charge in [-0.05, 0) is 24.0 Å². The number of nitrogens with zero attached hydrogens (tertiary/aromatic N) is 2. The third-order valence-electron chi connectivity index (χ3n) is 5.10. The van der Waals surface area contributed by atoms with E-state index in [1.807, 2.05) is 0 Å². The lowest BCUT2D eigenvalue weighted by atomic mass is 9.77. The molecular weight excluding hydrogens is 184 g/mol. The van der Waals surface area contributed by atoms with Crippen molar-refractivity contribution in [2.45, 2.75) is 36.8 Å². The van der Waals surface area contributed by atoms with Crippen molar-refractivity contribution in [2.24, 2.45) is 15.6 Å². The van der Waals surface area contributed by atoms with Gasteiger partial charge in [-0.15, -0.1) is 0 Å². The van der Waals surface area contributed by atoms with Gasteiger partial charge in [0.05, 0.1) is 12.1 Å². The van der Waals surface area contributed by atoms with Gasteiger partial charge in [0, 0.05) is 17.3 Å². The van der Waals surface area contributed by atoms with Crippen molar-refractivity contribution in [1.29, 1.82) is 0 Å². The molecule has 15 heavy (non-hydrogen) atoms. The van der Waals surface area contributed by atoms with Crippen LogP contribution in [0.1, 0.15) is 35.8 Å². The molecule has 2 heteroatoms. The standard InChI is InChI=1S/C13H12N2/c1-2-4-8-7(3-1)9-11-10(8)13(5-6-13)12(9)15-14-11/h1-4,9-12H,5-6H2/t9-,10+,11-,12+/m0/s1. The Labute approximate surface area is 88.4 Å². The Bertz CT molecular complexity index is 501. The maximum absolute atomic E-state index is 4.53. The lowest BCUT2D eigenvalue weighted by Gasteiger charge is -2.29. The van der Waals surface area contributed by atoms with Gasteiger partial charge in [0.1, 0.15) is 0 Å². The van der Waals surface area contributed by atoms with Crippen molar-refractivity contribution in [1.82, 2.24) is 0 Å². The molecule has 0 unspecified atom stereocenters. The second kappa shape index (κ2) is 1.89. The highest BCUT2D eigenvalue weighted by Gasteiger charge is 2.73. The van der Waals surface area contributed by atoms with E-state index in [1.54, 1.807) is 11.1 Å². The van der Waals surface area contributed by atoms with Crippen LogP contribution >= 0.6 is 0 Å². The molecule has 5 rings (SSSR count). The fourth-order valence-corrected chi connectivity index (χ4v) is 4.45. The number of benzene rings is 1. The normalized spacial score (nSPS) is 45.1. The topological polar surface area (TPSA) is 24.7 Å². The lowest BCUT2D eigenvalue weighted by Crippen LogP contribution is -2.26. The third-order valence-corrected chi connectivity index (χ3v) is 5.10. The highest BCUT2D eigenvalue weighted by molar-refractivity contribution is 5.52. The van der Waals surface area contributed by atoms with Crippen LogP contribution in [0.4, 0.5) is 0 Å². The number of fused-ring (bicyclic) bond motifs is 4. The molecule has 1 heterocycles. The average Bonchev–Trinajstić information content (AvgIpc) is 2.75. The average molecular weight is 196 g/mol. The van der Waals surface area contributed by atoms with Gasteiger partial charge in [-0.3, -0.25) is 0 Å². The van der Waals surface area contributed by atoms with E-state index in [9.17, 15) is 0 Å². The molecule has 1 aromatic rings. The summed E-state index contributed by atoms with van der Waals surface area (Å²) in [7, 11) is 0. The summed E-state index contributed by atoms with van der Waals surface area (Å²) in [6, 6.07) is 10.0. The van der Waals surface area contributed by atoms with E-state index in [0.29, 0.717) is 23.4 Å². The Hall–Kier alpha value is -1.18. The minimum Gasteiger partial charge on any atom is -0.189 e. The SMILES string of the molecule is c1ccc2c(c1)[C@H]1[C@@H]3N=N[C@H]1C1(CC1)[C@H]23. The number of hydrogen-bond acceptors (Lipinski definition) is 2. The van der Waals surface area contributed by atoms with Crippen molar-refractivity contribution in [3.8, 4) is 0 Å². The second-order valence-electron chi connectivity index (χ2n) is 5.53. The quantitative estimate of drug-likeness (QED) is 0.609. The molecule has 4 aliphatic rings. The summed E-state index contributed by atoms with van der Waals surface area (Å²) in [5, 5.41) is 9.03. The van der Waals surface area contributed by atoms with Crippen LogP contribution in [0.15, 0.2) is 34.5 Å². The number of hydrogen-bond donors (Lipinski definition) is 0. The van der Waals surface area contributed by atoms with E-state index in [1.165, 1.54) is 12.8 Å². The Morgan fingerprint density at radius 2 is 1.87 bits per heavy atom. The molecule has 2 fully saturated rings. The summed E-state index contributed by atoms with van der Waals surface area (Å²) in [4.78, 5) is 0. The summed E-state index contributed by atoms with van der Waals surface area (Å²) < 4.78 is 0. The van der Waals surface area contributed by atoms with Crippen LogP contribution in [0.2, 0.25) is 0 Å². The molecule has 4 atom stereocenters. The molecule has 2 saturated carbocycles. The first-order chi connectivity index (χ1) is 7.42. The first kappa shape index (κ1) is 7.15. The van der Waals surface area contributed by atoms with E-state index >= 15 is 0 Å². The summed E-state index contributed by atoms with van der Waals surface area (Å²) >= 11 is 0. The highest BCUT2D eigenvalue weighted by atomic mass is 15.3. The summed E-state index contributed by atoms with van der Waals surface area (Å²) in [5.74, 6) is 1.37. The van der Waals surface area contributed by atoms with Crippen molar-refractivity contribution in [3.05, 3.63) is 35.4 Å². The molecule has 3 aliphatic carbocycles. The first-order valence-corrected chi connectivity index (χ1v) is 5.91. The van der Waals surface area contributed by atoms with Crippen molar-refractivity contribution in [2.75, 3.05) is 0 Å². The Balaban J connectivity index is 1.85. The Morgan fingerprint density at radius 1 is 1.07 bits per heavy atom. The first-order valence-electron chi connectivity index (χ1n) is 5.91. The molecule has 1 aliphatic heterocycles. The van der Waals surface area contributed by atoms with Crippen LogP contribution < -0.4 is 0 Å². The molecular formula is C13H12N2. The second-order valence-corrected chi connectivity index (χ2v) is 5.53. The van der Waals surface area contributed by atoms with E-state index in [-0.39, 0.29) is 0 Å². The molecule has 1 aromatic carbocycles. The molecule has 2 nitrogen and oxygen atoms in total. The van der Waals surface area contributed by atoms with Gasteiger partial charge >= 0.3 is 0 Å². The largest absolute Gasteiger partial charge is 0.189 e. The molecule has 1 spiro atoms. The van der Waals surface area contributed by atoms with Crippen LogP contribution in [-0.4, -0.2) is 12.1 Å². The molecule has 4 bridgehead atoms. The zero-order valence-corrected chi connectivity index (χ0v) is 8.43. The predicted molar refractivity (Wildman–Crippen MR) is 56.0 cm³/mol. The number of rotatable bonds is 0. The van der Waals surface area contributed by atoms with Gasteiger partial charge in [-0.2, -0.15) is 10.2 Å². The summed E-state index contributed by atoms with van der Waals surface area (Å²) in [6.07, 6.45) is 2.78. The van der Waals surface area contributed by atoms with Gasteiger partial charge in [-0.25, -0.2) is 0 Å². The van der Waals surface area contributed by atoms with Crippen molar-refractivity contribution >= 4 is 0 Å². The maximum atomic E-state index is 4.53. The molecule has 0 N–H and O–H groups in total. The van der Waals surface area contributed by atoms with E-state index < -0.39 is 0 Å². The van der Waals surface area contributed by atoms with Crippen LogP contribution in [0.25, 0.3) is 0 Å². The maximum Gasteiger partial charge on any atom is 0.0872 e. The zero-order chi connectivity index (χ0) is 9.62. The van der Waals surface area contributed by atoms with Crippen LogP contribution in [0, 0.1) is 5.41 Å². The zero-order valence-electron chi connectivity index (χ0n) is 8.43. The minimum atomic E-state index is 0.509. The van der Waals surface area contributed by atoms with Gasteiger partial charge in [-0.1, -0.05) is 24.3 Å². The monoisotopic (exact) mass is 196 g/mol. The van der Waals surface area contributed by atoms with E-state index in [4.69, 9.17) is 0 Å². The van der Waals surface area contributed by atoms with Crippen LogP contribution in [0.3, 0.4) is 0 Å². The molecule has 0 radical (unpaired) electrons. The highest BCUT2D eigenvalue weighted by Crippen LogP contribution is 2.76. The van der Waals surface area contributed by atoms with Crippen molar-refractivity contribution < 1.29 is 0 Å². The van der Waals surface area contributed by atoms with Gasteiger partial charge in [0.25, 0.3) is 0 Å². The van der Waals surface area contributed by atoms with Gasteiger partial charge in [0.15, 0.2) is 0 Å². The van der Waals surface area contributed by atoms with Gasteiger partial charge < -0.3 is 0 Å². The Kier molecular flexibility index (Phi) is 0.899. The van der Waals surface area contributed by atoms with Crippen LogP contribution in [-0.2, 0) is 0 Å². The fourth-order valence-electron chi connectivity index (χ4n) is 4.45. The molecule has 74 valence electrons. The lowest BCUT2D eigenvalue weighted by molar-refractivity contribution is 0.353. The fraction of sp³-hybridized carbons (Fsp3) is 0.538. The van der Waals surface area contributed by atoms with E-state index in [0.717, 1.165) is 5.92 Å². The predicted octanol–water partition coefficient (Wildman–Crippen LogP) is 2.86. The molecule has 0 aromatic heterocycles. The van der Waals surface area contributed by atoms with E-state index in [2.05, 4.69) is 34.5 Å². The summed E-state index contributed by atoms with van der Waals surface area (Å²) in [5.41, 5.74) is 3.71. The number of azo groups is 1.